The Labute approximate surface area is 171 Å². The highest BCUT2D eigenvalue weighted by molar-refractivity contribution is 5.89. The maximum Gasteiger partial charge on any atom is 0.337 e. The van der Waals surface area contributed by atoms with Gasteiger partial charge in [0.15, 0.2) is 5.82 Å². The lowest BCUT2D eigenvalue weighted by Crippen LogP contribution is -2.31. The summed E-state index contributed by atoms with van der Waals surface area (Å²) in [6.45, 7) is 0.267. The molecule has 7 heteroatoms. The number of ether oxygens (including phenoxy) is 1. The molecule has 1 N–H and O–H groups in total. The monoisotopic (exact) mass is 403 g/mol. The zero-order valence-corrected chi connectivity index (χ0v) is 16.1. The van der Waals surface area contributed by atoms with Crippen LogP contribution in [0.25, 0.3) is 22.3 Å². The van der Waals surface area contributed by atoms with Gasteiger partial charge in [0.25, 0.3) is 5.56 Å². The molecule has 0 amide bonds. The summed E-state index contributed by atoms with van der Waals surface area (Å²) in [6, 6.07) is 19.9. The molecule has 0 unspecified atom stereocenters. The maximum atomic E-state index is 14.5. The van der Waals surface area contributed by atoms with Gasteiger partial charge in [0.1, 0.15) is 5.82 Å². The maximum absolute atomic E-state index is 14.5. The van der Waals surface area contributed by atoms with Crippen molar-refractivity contribution in [3.05, 3.63) is 100 Å². The largest absolute Gasteiger partial charge is 0.465 e. The van der Waals surface area contributed by atoms with Gasteiger partial charge in [-0.25, -0.2) is 18.8 Å². The van der Waals surface area contributed by atoms with Gasteiger partial charge in [-0.1, -0.05) is 36.4 Å². The summed E-state index contributed by atoms with van der Waals surface area (Å²) < 4.78 is 20.4. The molecule has 0 spiro atoms. The van der Waals surface area contributed by atoms with Gasteiger partial charge in [-0.2, -0.15) is 0 Å². The van der Waals surface area contributed by atoms with E-state index < -0.39 is 11.8 Å². The molecular weight excluding hydrogens is 385 g/mol. The van der Waals surface area contributed by atoms with Gasteiger partial charge < -0.3 is 10.2 Å². The molecule has 0 fully saturated rings. The van der Waals surface area contributed by atoms with Gasteiger partial charge >= 0.3 is 5.97 Å². The first kappa shape index (κ1) is 19.3. The van der Waals surface area contributed by atoms with Crippen LogP contribution >= 0.6 is 0 Å². The summed E-state index contributed by atoms with van der Waals surface area (Å²) in [6.07, 6.45) is 0. The highest BCUT2D eigenvalue weighted by Crippen LogP contribution is 2.21. The van der Waals surface area contributed by atoms with Crippen molar-refractivity contribution in [2.24, 2.45) is 0 Å². The predicted octanol–water partition coefficient (Wildman–Crippen LogP) is 3.73. The normalized spacial score (nSPS) is 10.7. The molecular formula is C23H18FN3O3. The molecule has 0 aliphatic heterocycles. The molecule has 0 atom stereocenters. The van der Waals surface area contributed by atoms with E-state index in [0.717, 1.165) is 5.56 Å². The lowest BCUT2D eigenvalue weighted by atomic mass is 10.1. The molecule has 30 heavy (non-hydrogen) atoms. The Balaban J connectivity index is 1.75. The van der Waals surface area contributed by atoms with Crippen molar-refractivity contribution < 1.29 is 13.9 Å². The van der Waals surface area contributed by atoms with Gasteiger partial charge in [-0.15, -0.1) is 0 Å². The second kappa shape index (κ2) is 8.16. The van der Waals surface area contributed by atoms with Crippen LogP contribution < -0.4 is 11.0 Å². The van der Waals surface area contributed by atoms with Crippen LogP contribution in [-0.4, -0.2) is 22.7 Å². The molecule has 1 aromatic heterocycles. The average molecular weight is 403 g/mol. The molecule has 4 aromatic rings. The van der Waals surface area contributed by atoms with Gasteiger partial charge in [-0.05, 0) is 42.0 Å². The van der Waals surface area contributed by atoms with E-state index in [-0.39, 0.29) is 23.5 Å². The Morgan fingerprint density at radius 3 is 2.47 bits per heavy atom. The van der Waals surface area contributed by atoms with Crippen molar-refractivity contribution in [2.45, 2.75) is 6.54 Å². The topological polar surface area (TPSA) is 73.2 Å². The number of para-hydroxylation sites is 1. The summed E-state index contributed by atoms with van der Waals surface area (Å²) in [4.78, 5) is 29.2. The second-order valence-corrected chi connectivity index (χ2v) is 6.60. The molecule has 0 radical (unpaired) electrons. The number of benzene rings is 3. The second-order valence-electron chi connectivity index (χ2n) is 6.60. The van der Waals surface area contributed by atoms with E-state index in [1.54, 1.807) is 66.7 Å². The zero-order valence-electron chi connectivity index (χ0n) is 16.1. The van der Waals surface area contributed by atoms with E-state index in [4.69, 9.17) is 4.74 Å². The Hall–Kier alpha value is -4.00. The molecule has 0 bridgehead atoms. The Morgan fingerprint density at radius 1 is 1.03 bits per heavy atom. The molecule has 0 saturated heterocycles. The third-order valence-electron chi connectivity index (χ3n) is 4.71. The van der Waals surface area contributed by atoms with E-state index in [2.05, 4.69) is 10.4 Å². The van der Waals surface area contributed by atoms with Crippen molar-refractivity contribution in [1.29, 1.82) is 0 Å². The molecule has 0 aliphatic carbocycles. The molecule has 3 aromatic carbocycles. The quantitative estimate of drug-likeness (QED) is 0.514. The van der Waals surface area contributed by atoms with Crippen molar-refractivity contribution in [1.82, 2.24) is 9.66 Å². The third kappa shape index (κ3) is 3.65. The van der Waals surface area contributed by atoms with Crippen LogP contribution in [0.3, 0.4) is 0 Å². The average Bonchev–Trinajstić information content (AvgIpc) is 2.78. The van der Waals surface area contributed by atoms with Crippen LogP contribution in [0, 0.1) is 5.82 Å². The minimum absolute atomic E-state index is 0.183. The summed E-state index contributed by atoms with van der Waals surface area (Å²) >= 11 is 0. The number of nitrogens with one attached hydrogen (secondary N) is 1. The standard InChI is InChI=1S/C23H18FN3O3/c1-30-23(29)16-12-10-15(11-13-16)14-25-27-21(17-6-2-4-8-19(17)24)26-20-9-5-3-7-18(20)22(27)28/h2-13,25H,14H2,1H3. The Kier molecular flexibility index (Phi) is 5.26. The minimum atomic E-state index is -0.474. The van der Waals surface area contributed by atoms with Crippen LogP contribution in [0.1, 0.15) is 15.9 Å². The number of carbonyl (C=O) groups is 1. The van der Waals surface area contributed by atoms with Gasteiger partial charge in [0, 0.05) is 0 Å². The number of methoxy groups -OCH3 is 1. The number of hydrogen-bond acceptors (Lipinski definition) is 5. The first-order chi connectivity index (χ1) is 14.6. The Bertz CT molecular complexity index is 1280. The van der Waals surface area contributed by atoms with Gasteiger partial charge in [0.2, 0.25) is 0 Å². The zero-order chi connectivity index (χ0) is 21.1. The van der Waals surface area contributed by atoms with Crippen LogP contribution in [0.5, 0.6) is 0 Å². The molecule has 0 saturated carbocycles. The number of carbonyl (C=O) groups excluding carboxylic acids is 1. The number of hydrogen-bond donors (Lipinski definition) is 1. The van der Waals surface area contributed by atoms with Crippen molar-refractivity contribution in [3.63, 3.8) is 0 Å². The lowest BCUT2D eigenvalue weighted by molar-refractivity contribution is 0.0600. The third-order valence-corrected chi connectivity index (χ3v) is 4.71. The van der Waals surface area contributed by atoms with E-state index in [0.29, 0.717) is 16.5 Å². The molecule has 0 aliphatic rings. The number of nitrogens with zero attached hydrogens (tertiary/aromatic N) is 2. The summed E-state index contributed by atoms with van der Waals surface area (Å²) in [7, 11) is 1.32. The number of aromatic nitrogens is 2. The first-order valence-electron chi connectivity index (χ1n) is 9.26. The fourth-order valence-corrected chi connectivity index (χ4v) is 3.15. The summed E-state index contributed by atoms with van der Waals surface area (Å²) in [5.74, 6) is -0.716. The van der Waals surface area contributed by atoms with E-state index >= 15 is 0 Å². The number of fused-ring (bicyclic) bond motifs is 1. The van der Waals surface area contributed by atoms with Crippen LogP contribution in [0.2, 0.25) is 0 Å². The predicted molar refractivity (Wildman–Crippen MR) is 112 cm³/mol. The van der Waals surface area contributed by atoms with Gasteiger partial charge in [0.05, 0.1) is 35.7 Å². The van der Waals surface area contributed by atoms with Crippen LogP contribution in [0.15, 0.2) is 77.6 Å². The molecule has 6 nitrogen and oxygen atoms in total. The first-order valence-corrected chi connectivity index (χ1v) is 9.26. The number of esters is 1. The minimum Gasteiger partial charge on any atom is -0.465 e. The highest BCUT2D eigenvalue weighted by atomic mass is 19.1. The molecule has 4 rings (SSSR count). The SMILES string of the molecule is COC(=O)c1ccc(CNn2c(-c3ccccc3F)nc3ccccc3c2=O)cc1. The Morgan fingerprint density at radius 2 is 1.73 bits per heavy atom. The molecule has 150 valence electrons. The van der Waals surface area contributed by atoms with E-state index in [1.165, 1.54) is 17.9 Å². The summed E-state index contributed by atoms with van der Waals surface area (Å²) in [5.41, 5.74) is 4.66. The van der Waals surface area contributed by atoms with E-state index in [1.807, 2.05) is 0 Å². The lowest BCUT2D eigenvalue weighted by Gasteiger charge is -2.16. The van der Waals surface area contributed by atoms with Crippen LogP contribution in [0.4, 0.5) is 4.39 Å². The van der Waals surface area contributed by atoms with Crippen molar-refractivity contribution in [2.75, 3.05) is 12.5 Å². The van der Waals surface area contributed by atoms with Crippen molar-refractivity contribution in [3.8, 4) is 11.4 Å². The van der Waals surface area contributed by atoms with Crippen LogP contribution in [-0.2, 0) is 11.3 Å². The smallest absolute Gasteiger partial charge is 0.337 e. The molecule has 1 heterocycles. The fourth-order valence-electron chi connectivity index (χ4n) is 3.15. The fraction of sp³-hybridized carbons (Fsp3) is 0.0870. The van der Waals surface area contributed by atoms with Crippen molar-refractivity contribution >= 4 is 16.9 Å². The number of halogens is 1. The highest BCUT2D eigenvalue weighted by Gasteiger charge is 2.15. The number of rotatable bonds is 5. The van der Waals surface area contributed by atoms with Gasteiger partial charge in [-0.3, -0.25) is 4.79 Å². The van der Waals surface area contributed by atoms with E-state index in [9.17, 15) is 14.0 Å². The summed E-state index contributed by atoms with van der Waals surface area (Å²) in [5, 5.41) is 0.422.